The standard InChI is InChI=1S/C19H20BrN3O3/c1-25-8-7-23-17-9-13(19(24)26-2)4-6-16(17)22-18(23)10-12-3-5-14(20)11-15(12)21/h3-6,9,11H,7-8,10,21H2,1-2H3. The van der Waals surface area contributed by atoms with E-state index in [0.717, 1.165) is 26.9 Å². The summed E-state index contributed by atoms with van der Waals surface area (Å²) in [6, 6.07) is 11.2. The van der Waals surface area contributed by atoms with Crippen LogP contribution in [0.2, 0.25) is 0 Å². The van der Waals surface area contributed by atoms with Crippen molar-refractivity contribution in [3.63, 3.8) is 0 Å². The summed E-state index contributed by atoms with van der Waals surface area (Å²) in [5, 5.41) is 0. The minimum absolute atomic E-state index is 0.370. The molecule has 0 saturated heterocycles. The SMILES string of the molecule is COCCn1c(Cc2ccc(Br)cc2N)nc2ccc(C(=O)OC)cc21. The molecule has 0 spiro atoms. The molecule has 6 nitrogen and oxygen atoms in total. The van der Waals surface area contributed by atoms with Crippen LogP contribution in [0.15, 0.2) is 40.9 Å². The number of rotatable bonds is 6. The zero-order valence-electron chi connectivity index (χ0n) is 14.7. The zero-order chi connectivity index (χ0) is 18.7. The van der Waals surface area contributed by atoms with E-state index in [0.29, 0.717) is 30.8 Å². The number of nitrogens with two attached hydrogens (primary N) is 1. The fraction of sp³-hybridized carbons (Fsp3) is 0.263. The van der Waals surface area contributed by atoms with Crippen molar-refractivity contribution >= 4 is 38.6 Å². The summed E-state index contributed by atoms with van der Waals surface area (Å²) >= 11 is 3.43. The molecule has 1 heterocycles. The van der Waals surface area contributed by atoms with Crippen molar-refractivity contribution in [3.8, 4) is 0 Å². The third kappa shape index (κ3) is 3.73. The number of ether oxygens (including phenoxy) is 2. The highest BCUT2D eigenvalue weighted by Crippen LogP contribution is 2.24. The summed E-state index contributed by atoms with van der Waals surface area (Å²) in [4.78, 5) is 16.6. The number of benzene rings is 2. The number of methoxy groups -OCH3 is 2. The van der Waals surface area contributed by atoms with Crippen molar-refractivity contribution in [1.82, 2.24) is 9.55 Å². The van der Waals surface area contributed by atoms with Gasteiger partial charge >= 0.3 is 5.97 Å². The fourth-order valence-electron chi connectivity index (χ4n) is 2.88. The van der Waals surface area contributed by atoms with Gasteiger partial charge in [0.25, 0.3) is 0 Å². The molecule has 0 radical (unpaired) electrons. The Morgan fingerprint density at radius 2 is 2.04 bits per heavy atom. The predicted octanol–water partition coefficient (Wildman–Crippen LogP) is 3.40. The number of esters is 1. The number of nitrogen functional groups attached to an aromatic ring is 1. The Morgan fingerprint density at radius 3 is 2.73 bits per heavy atom. The van der Waals surface area contributed by atoms with Crippen LogP contribution in [0, 0.1) is 0 Å². The van der Waals surface area contributed by atoms with E-state index in [1.807, 2.05) is 24.3 Å². The monoisotopic (exact) mass is 417 g/mol. The van der Waals surface area contributed by atoms with Gasteiger partial charge in [0.05, 0.1) is 30.3 Å². The number of anilines is 1. The van der Waals surface area contributed by atoms with Gasteiger partial charge < -0.3 is 19.8 Å². The highest BCUT2D eigenvalue weighted by molar-refractivity contribution is 9.10. The molecule has 3 rings (SSSR count). The zero-order valence-corrected chi connectivity index (χ0v) is 16.2. The summed E-state index contributed by atoms with van der Waals surface area (Å²) < 4.78 is 13.1. The predicted molar refractivity (Wildman–Crippen MR) is 104 cm³/mol. The molecule has 0 fully saturated rings. The van der Waals surface area contributed by atoms with Gasteiger partial charge in [-0.1, -0.05) is 22.0 Å². The number of fused-ring (bicyclic) bond motifs is 1. The maximum Gasteiger partial charge on any atom is 0.337 e. The van der Waals surface area contributed by atoms with Crippen LogP contribution in [-0.4, -0.2) is 36.3 Å². The van der Waals surface area contributed by atoms with Gasteiger partial charge in [-0.15, -0.1) is 0 Å². The maximum absolute atomic E-state index is 11.9. The van der Waals surface area contributed by atoms with Gasteiger partial charge in [-0.25, -0.2) is 9.78 Å². The summed E-state index contributed by atoms with van der Waals surface area (Å²) in [5.41, 5.74) is 10.0. The van der Waals surface area contributed by atoms with Gasteiger partial charge in [-0.3, -0.25) is 0 Å². The third-order valence-electron chi connectivity index (χ3n) is 4.22. The van der Waals surface area contributed by atoms with Crippen LogP contribution in [0.25, 0.3) is 11.0 Å². The van der Waals surface area contributed by atoms with Crippen molar-refractivity contribution in [3.05, 3.63) is 57.8 Å². The Bertz CT molecular complexity index is 953. The molecule has 0 aliphatic rings. The first-order chi connectivity index (χ1) is 12.5. The van der Waals surface area contributed by atoms with Gasteiger partial charge in [0.15, 0.2) is 0 Å². The van der Waals surface area contributed by atoms with Crippen LogP contribution in [-0.2, 0) is 22.4 Å². The van der Waals surface area contributed by atoms with E-state index in [1.165, 1.54) is 7.11 Å². The first-order valence-electron chi connectivity index (χ1n) is 8.13. The minimum Gasteiger partial charge on any atom is -0.465 e. The Hall–Kier alpha value is -2.38. The number of nitrogens with zero attached hydrogens (tertiary/aromatic N) is 2. The summed E-state index contributed by atoms with van der Waals surface area (Å²) in [5.74, 6) is 0.498. The number of imidazole rings is 1. The van der Waals surface area contributed by atoms with E-state index in [1.54, 1.807) is 19.2 Å². The van der Waals surface area contributed by atoms with E-state index in [2.05, 4.69) is 20.5 Å². The average Bonchev–Trinajstić information content (AvgIpc) is 2.97. The van der Waals surface area contributed by atoms with E-state index in [9.17, 15) is 4.79 Å². The molecular formula is C19H20BrN3O3. The molecule has 0 bridgehead atoms. The van der Waals surface area contributed by atoms with Gasteiger partial charge in [0.2, 0.25) is 0 Å². The number of carbonyl (C=O) groups excluding carboxylic acids is 1. The lowest BCUT2D eigenvalue weighted by molar-refractivity contribution is 0.0601. The summed E-state index contributed by atoms with van der Waals surface area (Å²) in [7, 11) is 3.03. The molecule has 3 aromatic rings. The van der Waals surface area contributed by atoms with Crippen molar-refractivity contribution in [2.75, 3.05) is 26.6 Å². The second-order valence-corrected chi connectivity index (χ2v) is 6.80. The number of hydrogen-bond acceptors (Lipinski definition) is 5. The molecule has 7 heteroatoms. The van der Waals surface area contributed by atoms with Crippen molar-refractivity contribution < 1.29 is 14.3 Å². The molecule has 2 N–H and O–H groups in total. The number of aromatic nitrogens is 2. The van der Waals surface area contributed by atoms with E-state index < -0.39 is 0 Å². The van der Waals surface area contributed by atoms with Crippen LogP contribution in [0.3, 0.4) is 0 Å². The normalized spacial score (nSPS) is 11.0. The number of hydrogen-bond donors (Lipinski definition) is 1. The van der Waals surface area contributed by atoms with Crippen LogP contribution in [0.5, 0.6) is 0 Å². The molecule has 0 aliphatic carbocycles. The van der Waals surface area contributed by atoms with Crippen LogP contribution in [0.4, 0.5) is 5.69 Å². The largest absolute Gasteiger partial charge is 0.465 e. The van der Waals surface area contributed by atoms with Gasteiger partial charge in [-0.2, -0.15) is 0 Å². The van der Waals surface area contributed by atoms with Crippen molar-refractivity contribution in [1.29, 1.82) is 0 Å². The highest BCUT2D eigenvalue weighted by atomic mass is 79.9. The first kappa shape index (κ1) is 18.4. The second kappa shape index (κ2) is 7.88. The summed E-state index contributed by atoms with van der Waals surface area (Å²) in [6.07, 6.45) is 0.588. The van der Waals surface area contributed by atoms with Gasteiger partial charge in [0.1, 0.15) is 5.82 Å². The molecule has 136 valence electrons. The van der Waals surface area contributed by atoms with Crippen LogP contribution >= 0.6 is 15.9 Å². The Kier molecular flexibility index (Phi) is 5.58. The van der Waals surface area contributed by atoms with Crippen LogP contribution < -0.4 is 5.73 Å². The molecule has 26 heavy (non-hydrogen) atoms. The van der Waals surface area contributed by atoms with Crippen LogP contribution in [0.1, 0.15) is 21.7 Å². The third-order valence-corrected chi connectivity index (χ3v) is 4.72. The Balaban J connectivity index is 2.06. The number of carbonyl (C=O) groups is 1. The molecule has 0 amide bonds. The Labute approximate surface area is 160 Å². The number of halogens is 1. The van der Waals surface area contributed by atoms with E-state index in [-0.39, 0.29) is 5.97 Å². The maximum atomic E-state index is 11.9. The topological polar surface area (TPSA) is 79.4 Å². The average molecular weight is 418 g/mol. The lowest BCUT2D eigenvalue weighted by atomic mass is 10.1. The van der Waals surface area contributed by atoms with Crippen molar-refractivity contribution in [2.45, 2.75) is 13.0 Å². The van der Waals surface area contributed by atoms with Gasteiger partial charge in [-0.05, 0) is 35.9 Å². The molecule has 0 aliphatic heterocycles. The molecule has 0 saturated carbocycles. The Morgan fingerprint density at radius 1 is 1.23 bits per heavy atom. The highest BCUT2D eigenvalue weighted by Gasteiger charge is 2.15. The van der Waals surface area contributed by atoms with Crippen molar-refractivity contribution in [2.24, 2.45) is 0 Å². The summed E-state index contributed by atoms with van der Waals surface area (Å²) in [6.45, 7) is 1.17. The van der Waals surface area contributed by atoms with Gasteiger partial charge in [0, 0.05) is 30.2 Å². The van der Waals surface area contributed by atoms with E-state index in [4.69, 9.17) is 20.2 Å². The second-order valence-electron chi connectivity index (χ2n) is 5.89. The lowest BCUT2D eigenvalue weighted by Gasteiger charge is -2.11. The quantitative estimate of drug-likeness (QED) is 0.490. The first-order valence-corrected chi connectivity index (χ1v) is 8.93. The molecular weight excluding hydrogens is 398 g/mol. The smallest absolute Gasteiger partial charge is 0.337 e. The molecule has 0 unspecified atom stereocenters. The molecule has 2 aromatic carbocycles. The fourth-order valence-corrected chi connectivity index (χ4v) is 3.26. The van der Waals surface area contributed by atoms with E-state index >= 15 is 0 Å². The molecule has 0 atom stereocenters. The minimum atomic E-state index is -0.370. The molecule has 1 aromatic heterocycles. The lowest BCUT2D eigenvalue weighted by Crippen LogP contribution is -2.10.